The standard InChI is InChI=1S/C21H24F3N3O3/c22-21(23,24)16-3-1-2-15(25-16)13-8-19(9-13)4-6-27(7-5-19)17(28)14-10-20(11-14)12-30-18(29)26-20/h1-3,13-14H,4-12H2,(H,26,29)/t14-,20+. The maximum atomic E-state index is 12.9. The number of likely N-dealkylation sites (tertiary alicyclic amines) is 1. The second-order valence-corrected chi connectivity index (χ2v) is 9.46. The van der Waals surface area contributed by atoms with Crippen molar-refractivity contribution in [1.29, 1.82) is 0 Å². The molecule has 0 radical (unpaired) electrons. The fourth-order valence-electron chi connectivity index (χ4n) is 5.67. The summed E-state index contributed by atoms with van der Waals surface area (Å²) in [6, 6.07) is 4.12. The van der Waals surface area contributed by atoms with Crippen molar-refractivity contribution in [2.24, 2.45) is 11.3 Å². The van der Waals surface area contributed by atoms with Crippen LogP contribution in [0.15, 0.2) is 18.2 Å². The van der Waals surface area contributed by atoms with Gasteiger partial charge in [-0.15, -0.1) is 0 Å². The smallest absolute Gasteiger partial charge is 0.433 e. The van der Waals surface area contributed by atoms with Gasteiger partial charge in [-0.2, -0.15) is 13.2 Å². The molecule has 1 aromatic rings. The fraction of sp³-hybridized carbons (Fsp3) is 0.667. The molecular formula is C21H24F3N3O3. The van der Waals surface area contributed by atoms with E-state index >= 15 is 0 Å². The highest BCUT2D eigenvalue weighted by atomic mass is 19.4. The van der Waals surface area contributed by atoms with Gasteiger partial charge in [0.25, 0.3) is 0 Å². The van der Waals surface area contributed by atoms with Gasteiger partial charge in [0.15, 0.2) is 0 Å². The van der Waals surface area contributed by atoms with Gasteiger partial charge in [-0.1, -0.05) is 6.07 Å². The number of cyclic esters (lactones) is 1. The number of ether oxygens (including phenoxy) is 1. The van der Waals surface area contributed by atoms with Crippen LogP contribution in [0.4, 0.5) is 18.0 Å². The minimum Gasteiger partial charge on any atom is -0.447 e. The van der Waals surface area contributed by atoms with Crippen LogP contribution in [0.5, 0.6) is 0 Å². The van der Waals surface area contributed by atoms with Crippen LogP contribution < -0.4 is 5.32 Å². The number of nitrogens with one attached hydrogen (secondary N) is 1. The molecular weight excluding hydrogens is 399 g/mol. The Balaban J connectivity index is 1.12. The van der Waals surface area contributed by atoms with E-state index in [9.17, 15) is 22.8 Å². The zero-order chi connectivity index (χ0) is 21.1. The van der Waals surface area contributed by atoms with Crippen LogP contribution in [0.1, 0.15) is 55.8 Å². The molecule has 162 valence electrons. The summed E-state index contributed by atoms with van der Waals surface area (Å²) in [4.78, 5) is 29.8. The van der Waals surface area contributed by atoms with Crippen molar-refractivity contribution in [3.05, 3.63) is 29.6 Å². The molecule has 30 heavy (non-hydrogen) atoms. The quantitative estimate of drug-likeness (QED) is 0.791. The average Bonchev–Trinajstić information content (AvgIpc) is 3.06. The van der Waals surface area contributed by atoms with Gasteiger partial charge in [-0.05, 0) is 56.1 Å². The third-order valence-electron chi connectivity index (χ3n) is 7.44. The Morgan fingerprint density at radius 1 is 1.17 bits per heavy atom. The Labute approximate surface area is 172 Å². The van der Waals surface area contributed by atoms with Crippen molar-refractivity contribution < 1.29 is 27.5 Å². The summed E-state index contributed by atoms with van der Waals surface area (Å²) in [5.74, 6) is 0.142. The van der Waals surface area contributed by atoms with Crippen molar-refractivity contribution >= 4 is 12.0 Å². The molecule has 0 atom stereocenters. The van der Waals surface area contributed by atoms with Crippen LogP contribution in [0.3, 0.4) is 0 Å². The monoisotopic (exact) mass is 423 g/mol. The van der Waals surface area contributed by atoms with Gasteiger partial charge >= 0.3 is 12.3 Å². The number of rotatable bonds is 2. The molecule has 9 heteroatoms. The van der Waals surface area contributed by atoms with Crippen molar-refractivity contribution in [3.63, 3.8) is 0 Å². The van der Waals surface area contributed by atoms with Crippen LogP contribution in [-0.4, -0.2) is 47.1 Å². The topological polar surface area (TPSA) is 71.5 Å². The number of nitrogens with zero attached hydrogens (tertiary/aromatic N) is 2. The SMILES string of the molecule is O=C1N[C@]2(CO1)C[C@H](C(=O)N1CCC3(CC1)CC(c1cccc(C(F)(F)F)n1)C3)C2. The number of amides is 2. The highest BCUT2D eigenvalue weighted by Gasteiger charge is 2.54. The minimum atomic E-state index is -4.42. The largest absolute Gasteiger partial charge is 0.447 e. The van der Waals surface area contributed by atoms with Crippen LogP contribution in [0.2, 0.25) is 0 Å². The minimum absolute atomic E-state index is 0.0621. The number of hydrogen-bond donors (Lipinski definition) is 1. The molecule has 2 aliphatic heterocycles. The molecule has 2 saturated heterocycles. The number of hydrogen-bond acceptors (Lipinski definition) is 4. The summed E-state index contributed by atoms with van der Waals surface area (Å²) in [5.41, 5.74) is -0.544. The first-order valence-electron chi connectivity index (χ1n) is 10.5. The highest BCUT2D eigenvalue weighted by molar-refractivity contribution is 5.81. The van der Waals surface area contributed by atoms with Gasteiger partial charge in [-0.3, -0.25) is 4.79 Å². The third kappa shape index (κ3) is 3.32. The lowest BCUT2D eigenvalue weighted by Crippen LogP contribution is -2.59. The van der Waals surface area contributed by atoms with Crippen molar-refractivity contribution in [2.75, 3.05) is 19.7 Å². The summed E-state index contributed by atoms with van der Waals surface area (Å²) < 4.78 is 43.7. The van der Waals surface area contributed by atoms with Crippen LogP contribution in [-0.2, 0) is 15.7 Å². The average molecular weight is 423 g/mol. The molecule has 0 aromatic carbocycles. The molecule has 2 amide bonds. The van der Waals surface area contributed by atoms with Crippen molar-refractivity contribution in [3.8, 4) is 0 Å². The number of alkyl halides is 3. The van der Waals surface area contributed by atoms with Gasteiger partial charge < -0.3 is 15.0 Å². The lowest BCUT2D eigenvalue weighted by atomic mass is 9.56. The molecule has 3 heterocycles. The van der Waals surface area contributed by atoms with E-state index in [-0.39, 0.29) is 28.7 Å². The van der Waals surface area contributed by atoms with Crippen LogP contribution in [0.25, 0.3) is 0 Å². The van der Waals surface area contributed by atoms with Gasteiger partial charge in [0, 0.05) is 30.6 Å². The van der Waals surface area contributed by atoms with Gasteiger partial charge in [0.1, 0.15) is 12.3 Å². The molecule has 6 nitrogen and oxygen atoms in total. The molecule has 1 aromatic heterocycles. The Hall–Kier alpha value is -2.32. The Morgan fingerprint density at radius 2 is 1.87 bits per heavy atom. The molecule has 2 aliphatic carbocycles. The Kier molecular flexibility index (Phi) is 4.31. The number of carbonyl (C=O) groups is 2. The summed E-state index contributed by atoms with van der Waals surface area (Å²) in [6.07, 6.45) is -0.145. The summed E-state index contributed by atoms with van der Waals surface area (Å²) in [7, 11) is 0. The van der Waals surface area contributed by atoms with E-state index in [1.54, 1.807) is 6.07 Å². The molecule has 0 unspecified atom stereocenters. The molecule has 5 rings (SSSR count). The normalized spacial score (nSPS) is 25.6. The Bertz CT molecular complexity index is 866. The molecule has 4 fully saturated rings. The second kappa shape index (κ2) is 6.59. The molecule has 2 saturated carbocycles. The summed E-state index contributed by atoms with van der Waals surface area (Å²) in [6.45, 7) is 1.71. The first-order chi connectivity index (χ1) is 14.2. The van der Waals surface area contributed by atoms with E-state index in [4.69, 9.17) is 4.74 Å². The fourth-order valence-corrected chi connectivity index (χ4v) is 5.67. The summed E-state index contributed by atoms with van der Waals surface area (Å²) in [5, 5.41) is 2.81. The second-order valence-electron chi connectivity index (χ2n) is 9.46. The lowest BCUT2D eigenvalue weighted by molar-refractivity contribution is -0.144. The van der Waals surface area contributed by atoms with Crippen molar-refractivity contribution in [1.82, 2.24) is 15.2 Å². The van der Waals surface area contributed by atoms with Gasteiger partial charge in [-0.25, -0.2) is 9.78 Å². The molecule has 1 N–H and O–H groups in total. The third-order valence-corrected chi connectivity index (χ3v) is 7.44. The number of piperidine rings is 1. The first kappa shape index (κ1) is 19.6. The number of aromatic nitrogens is 1. The van der Waals surface area contributed by atoms with E-state index in [0.29, 0.717) is 38.2 Å². The zero-order valence-corrected chi connectivity index (χ0v) is 16.5. The van der Waals surface area contributed by atoms with Crippen LogP contribution in [0, 0.1) is 11.3 Å². The maximum absolute atomic E-state index is 12.9. The molecule has 2 spiro atoms. The number of alkyl carbamates (subject to hydrolysis) is 1. The van der Waals surface area contributed by atoms with E-state index in [0.717, 1.165) is 31.7 Å². The van der Waals surface area contributed by atoms with Crippen molar-refractivity contribution in [2.45, 2.75) is 56.2 Å². The highest BCUT2D eigenvalue weighted by Crippen LogP contribution is 2.56. The first-order valence-corrected chi connectivity index (χ1v) is 10.5. The zero-order valence-electron chi connectivity index (χ0n) is 16.5. The number of halogens is 3. The van der Waals surface area contributed by atoms with Gasteiger partial charge in [0.2, 0.25) is 5.91 Å². The molecule has 0 bridgehead atoms. The van der Waals surface area contributed by atoms with E-state index in [1.165, 1.54) is 6.07 Å². The predicted molar refractivity (Wildman–Crippen MR) is 99.4 cm³/mol. The Morgan fingerprint density at radius 3 is 2.47 bits per heavy atom. The molecule has 4 aliphatic rings. The number of carbonyl (C=O) groups excluding carboxylic acids is 2. The van der Waals surface area contributed by atoms with E-state index in [1.807, 2.05) is 4.90 Å². The lowest BCUT2D eigenvalue weighted by Gasteiger charge is -2.53. The summed E-state index contributed by atoms with van der Waals surface area (Å²) >= 11 is 0. The van der Waals surface area contributed by atoms with E-state index < -0.39 is 18.0 Å². The maximum Gasteiger partial charge on any atom is 0.433 e. The predicted octanol–water partition coefficient (Wildman–Crippen LogP) is 3.48. The number of pyridine rings is 1. The van der Waals surface area contributed by atoms with Gasteiger partial charge in [0.05, 0.1) is 5.54 Å². The van der Waals surface area contributed by atoms with E-state index in [2.05, 4.69) is 10.3 Å². The van der Waals surface area contributed by atoms with Crippen LogP contribution >= 0.6 is 0 Å².